The summed E-state index contributed by atoms with van der Waals surface area (Å²) in [7, 11) is 0. The van der Waals surface area contributed by atoms with Gasteiger partial charge in [-0.05, 0) is 112 Å². The predicted octanol–water partition coefficient (Wildman–Crippen LogP) is 9.62. The summed E-state index contributed by atoms with van der Waals surface area (Å²) < 4.78 is 12.7. The second kappa shape index (κ2) is 15.2. The fourth-order valence-electron chi connectivity index (χ4n) is 7.84. The molecule has 4 amide bonds. The summed E-state index contributed by atoms with van der Waals surface area (Å²) in [4.78, 5) is 45.1. The zero-order valence-electron chi connectivity index (χ0n) is 29.6. The van der Waals surface area contributed by atoms with E-state index in [9.17, 15) is 14.4 Å². The van der Waals surface area contributed by atoms with Crippen molar-refractivity contribution in [3.05, 3.63) is 158 Å². The molecule has 0 aliphatic carbocycles. The lowest BCUT2D eigenvalue weighted by atomic mass is 9.76. The molecule has 0 saturated carbocycles. The third kappa shape index (κ3) is 6.90. The smallest absolute Gasteiger partial charge is 0.335 e. The van der Waals surface area contributed by atoms with E-state index in [1.54, 1.807) is 24.3 Å². The van der Waals surface area contributed by atoms with Gasteiger partial charge in [-0.2, -0.15) is 0 Å². The van der Waals surface area contributed by atoms with Crippen molar-refractivity contribution in [1.82, 2.24) is 5.32 Å². The molecule has 5 aromatic carbocycles. The Labute approximate surface area is 327 Å². The van der Waals surface area contributed by atoms with Crippen LogP contribution in [0.25, 0.3) is 6.08 Å². The maximum absolute atomic E-state index is 14.4. The van der Waals surface area contributed by atoms with Gasteiger partial charge in [-0.25, -0.2) is 9.69 Å². The minimum absolute atomic E-state index is 0.0695. The van der Waals surface area contributed by atoms with Gasteiger partial charge in [-0.1, -0.05) is 84.4 Å². The van der Waals surface area contributed by atoms with Crippen LogP contribution in [0.15, 0.2) is 119 Å². The normalized spacial score (nSPS) is 18.7. The van der Waals surface area contributed by atoms with Gasteiger partial charge in [-0.15, -0.1) is 0 Å². The van der Waals surface area contributed by atoms with Crippen molar-refractivity contribution in [3.8, 4) is 11.5 Å². The van der Waals surface area contributed by atoms with E-state index in [-0.39, 0.29) is 24.0 Å². The SMILES string of the molecule is CCOc1cc(/C=C2\C(=O)NC(=O)N(c3cc4c5c(c3)[C@H](c3ccccc3)CCN5CC[C@H]4c3ccccc3)C2=O)cc(Br)c1OCc1ccc(Cl)cc1. The molecule has 1 N–H and O–H groups in total. The number of benzene rings is 5. The number of urea groups is 1. The van der Waals surface area contributed by atoms with Crippen LogP contribution in [-0.4, -0.2) is 37.5 Å². The fraction of sp³-hybridized carbons (Fsp3) is 0.205. The summed E-state index contributed by atoms with van der Waals surface area (Å²) in [5, 5.41) is 3.07. The molecule has 1 fully saturated rings. The maximum atomic E-state index is 14.4. The van der Waals surface area contributed by atoms with Gasteiger partial charge in [0.05, 0.1) is 16.8 Å². The summed E-state index contributed by atoms with van der Waals surface area (Å²) in [6, 6.07) is 34.7. The van der Waals surface area contributed by atoms with Crippen LogP contribution in [-0.2, 0) is 16.2 Å². The molecule has 3 aliphatic heterocycles. The van der Waals surface area contributed by atoms with Gasteiger partial charge in [0.1, 0.15) is 12.2 Å². The predicted molar refractivity (Wildman–Crippen MR) is 215 cm³/mol. The third-order valence-corrected chi connectivity index (χ3v) is 11.1. The lowest BCUT2D eigenvalue weighted by Gasteiger charge is -2.44. The highest BCUT2D eigenvalue weighted by molar-refractivity contribution is 9.10. The Kier molecular flexibility index (Phi) is 10.0. The minimum Gasteiger partial charge on any atom is -0.490 e. The number of rotatable bonds is 9. The first kappa shape index (κ1) is 35.6. The van der Waals surface area contributed by atoms with E-state index < -0.39 is 17.8 Å². The van der Waals surface area contributed by atoms with E-state index >= 15 is 0 Å². The average molecular weight is 803 g/mol. The van der Waals surface area contributed by atoms with E-state index in [4.69, 9.17) is 21.1 Å². The number of hydrogen-bond acceptors (Lipinski definition) is 6. The number of hydrogen-bond donors (Lipinski definition) is 1. The van der Waals surface area contributed by atoms with E-state index in [1.165, 1.54) is 22.9 Å². The Morgan fingerprint density at radius 2 is 1.43 bits per heavy atom. The van der Waals surface area contributed by atoms with Crippen LogP contribution in [0.5, 0.6) is 11.5 Å². The van der Waals surface area contributed by atoms with Gasteiger partial charge in [0, 0.05) is 35.6 Å². The average Bonchev–Trinajstić information content (AvgIpc) is 3.18. The number of ether oxygens (including phenoxy) is 2. The largest absolute Gasteiger partial charge is 0.490 e. The topological polar surface area (TPSA) is 88.2 Å². The first-order valence-electron chi connectivity index (χ1n) is 18.1. The van der Waals surface area contributed by atoms with Gasteiger partial charge in [-0.3, -0.25) is 14.9 Å². The molecule has 8 rings (SSSR count). The maximum Gasteiger partial charge on any atom is 0.335 e. The molecule has 0 spiro atoms. The van der Waals surface area contributed by atoms with Gasteiger partial charge in [0.25, 0.3) is 11.8 Å². The number of imide groups is 2. The molecule has 272 valence electrons. The third-order valence-electron chi connectivity index (χ3n) is 10.3. The first-order chi connectivity index (χ1) is 26.3. The number of carbonyl (C=O) groups is 3. The fourth-order valence-corrected chi connectivity index (χ4v) is 8.54. The number of nitrogens with zero attached hydrogens (tertiary/aromatic N) is 2. The molecule has 2 atom stereocenters. The second-order valence-electron chi connectivity index (χ2n) is 13.6. The Hall–Kier alpha value is -5.38. The second-order valence-corrected chi connectivity index (χ2v) is 14.9. The highest BCUT2D eigenvalue weighted by atomic mass is 79.9. The number of anilines is 2. The molecule has 0 radical (unpaired) electrons. The molecule has 0 unspecified atom stereocenters. The first-order valence-corrected chi connectivity index (χ1v) is 19.2. The monoisotopic (exact) mass is 801 g/mol. The lowest BCUT2D eigenvalue weighted by Crippen LogP contribution is -2.54. The van der Waals surface area contributed by atoms with Gasteiger partial charge in [0.2, 0.25) is 0 Å². The number of amides is 4. The quantitative estimate of drug-likeness (QED) is 0.118. The van der Waals surface area contributed by atoms with Crippen LogP contribution in [0.1, 0.15) is 65.0 Å². The van der Waals surface area contributed by atoms with E-state index in [0.717, 1.165) is 47.5 Å². The highest BCUT2D eigenvalue weighted by Gasteiger charge is 2.40. The lowest BCUT2D eigenvalue weighted by molar-refractivity contribution is -0.122. The van der Waals surface area contributed by atoms with Crippen molar-refractivity contribution in [3.63, 3.8) is 0 Å². The number of halogens is 2. The van der Waals surface area contributed by atoms with Crippen molar-refractivity contribution in [1.29, 1.82) is 0 Å². The molecule has 54 heavy (non-hydrogen) atoms. The van der Waals surface area contributed by atoms with E-state index in [0.29, 0.717) is 38.9 Å². The Bertz CT molecular complexity index is 2210. The van der Waals surface area contributed by atoms with Crippen molar-refractivity contribution >= 4 is 62.8 Å². The van der Waals surface area contributed by atoms with Crippen LogP contribution >= 0.6 is 27.5 Å². The zero-order valence-corrected chi connectivity index (χ0v) is 31.9. The number of barbiturate groups is 1. The Morgan fingerprint density at radius 3 is 2.02 bits per heavy atom. The molecule has 10 heteroatoms. The molecule has 5 aromatic rings. The Morgan fingerprint density at radius 1 is 0.815 bits per heavy atom. The molecule has 8 nitrogen and oxygen atoms in total. The zero-order chi connectivity index (χ0) is 37.3. The van der Waals surface area contributed by atoms with Crippen LogP contribution in [0.4, 0.5) is 16.2 Å². The molecule has 0 bridgehead atoms. The highest BCUT2D eigenvalue weighted by Crippen LogP contribution is 2.50. The van der Waals surface area contributed by atoms with E-state index in [2.05, 4.69) is 50.4 Å². The standard InChI is InChI=1S/C44H37BrClN3O5/c1-2-53-39-23-28(22-38(45)41(39)54-26-27-13-15-31(46)16-14-27)21-37-42(50)47-44(52)49(43(37)51)32-24-35-33(29-9-5-3-6-10-29)17-19-48-20-18-34(36(25-32)40(35)48)30-11-7-4-8-12-30/h3-16,21-25,33-34H,2,17-20,26H2,1H3,(H,47,50,52)/b37-21+/t33-,34-/m0/s1. The summed E-state index contributed by atoms with van der Waals surface area (Å²) in [5.74, 6) is -0.429. The van der Waals surface area contributed by atoms with Crippen LogP contribution < -0.4 is 24.6 Å². The van der Waals surface area contributed by atoms with Crippen LogP contribution in [0.3, 0.4) is 0 Å². The molecule has 0 aromatic heterocycles. The molecular weight excluding hydrogens is 766 g/mol. The number of nitrogens with one attached hydrogen (secondary N) is 1. The van der Waals surface area contributed by atoms with Gasteiger partial charge >= 0.3 is 6.03 Å². The van der Waals surface area contributed by atoms with Crippen molar-refractivity contribution < 1.29 is 23.9 Å². The van der Waals surface area contributed by atoms with Crippen LogP contribution in [0.2, 0.25) is 5.02 Å². The molecule has 3 heterocycles. The van der Waals surface area contributed by atoms with Crippen LogP contribution in [0, 0.1) is 0 Å². The number of carbonyl (C=O) groups excluding carboxylic acids is 3. The molecule has 1 saturated heterocycles. The van der Waals surface area contributed by atoms with Crippen molar-refractivity contribution in [2.24, 2.45) is 0 Å². The summed E-state index contributed by atoms with van der Waals surface area (Å²) in [5.41, 5.74) is 7.36. The van der Waals surface area contributed by atoms with Crippen molar-refractivity contribution in [2.45, 2.75) is 38.2 Å². The van der Waals surface area contributed by atoms with Gasteiger partial charge < -0.3 is 14.4 Å². The summed E-state index contributed by atoms with van der Waals surface area (Å²) in [6.45, 7) is 4.31. The minimum atomic E-state index is -0.785. The molecule has 3 aliphatic rings. The Balaban J connectivity index is 1.19. The van der Waals surface area contributed by atoms with Gasteiger partial charge in [0.15, 0.2) is 11.5 Å². The summed E-state index contributed by atoms with van der Waals surface area (Å²) >= 11 is 9.66. The molecular formula is C44H37BrClN3O5. The summed E-state index contributed by atoms with van der Waals surface area (Å²) in [6.07, 6.45) is 3.28. The van der Waals surface area contributed by atoms with Crippen molar-refractivity contribution in [2.75, 3.05) is 29.5 Å². The van der Waals surface area contributed by atoms with E-state index in [1.807, 2.05) is 67.6 Å².